The zero-order valence-electron chi connectivity index (χ0n) is 9.23. The van der Waals surface area contributed by atoms with Gasteiger partial charge in [-0.1, -0.05) is 12.1 Å². The fraction of sp³-hybridized carbons (Fsp3) is 0.417. The van der Waals surface area contributed by atoms with E-state index < -0.39 is 0 Å². The quantitative estimate of drug-likeness (QED) is 0.808. The Bertz CT molecular complexity index is 345. The molecule has 1 N–H and O–H groups in total. The molecule has 16 heavy (non-hydrogen) atoms. The summed E-state index contributed by atoms with van der Waals surface area (Å²) in [6.07, 6.45) is 2.40. The second-order valence-corrected chi connectivity index (χ2v) is 3.76. The van der Waals surface area contributed by atoms with E-state index >= 15 is 0 Å². The Morgan fingerprint density at radius 1 is 1.38 bits per heavy atom. The lowest BCUT2D eigenvalue weighted by molar-refractivity contribution is 0.0600. The number of rotatable bonds is 2. The van der Waals surface area contributed by atoms with Crippen LogP contribution in [-0.4, -0.2) is 19.6 Å². The molecule has 0 aliphatic carbocycles. The van der Waals surface area contributed by atoms with Gasteiger partial charge >= 0.3 is 5.97 Å². The Morgan fingerprint density at radius 3 is 2.56 bits per heavy atom. The smallest absolute Gasteiger partial charge is 0.337 e. The summed E-state index contributed by atoms with van der Waals surface area (Å²) in [6.45, 7) is 1.09. The minimum atomic E-state index is -0.277. The van der Waals surface area contributed by atoms with Gasteiger partial charge in [-0.25, -0.2) is 4.79 Å². The molecular formula is C12H16ClNO2. The lowest BCUT2D eigenvalue weighted by Crippen LogP contribution is -2.13. The van der Waals surface area contributed by atoms with Crippen LogP contribution < -0.4 is 5.32 Å². The van der Waals surface area contributed by atoms with Crippen molar-refractivity contribution >= 4 is 18.4 Å². The zero-order valence-corrected chi connectivity index (χ0v) is 10.0. The number of benzene rings is 1. The number of halogens is 1. The second kappa shape index (κ2) is 5.87. The van der Waals surface area contributed by atoms with E-state index in [-0.39, 0.29) is 18.4 Å². The first kappa shape index (κ1) is 13.0. The number of carbonyl (C=O) groups is 1. The van der Waals surface area contributed by atoms with Crippen molar-refractivity contribution in [3.8, 4) is 0 Å². The number of hydrogen-bond donors (Lipinski definition) is 1. The van der Waals surface area contributed by atoms with Crippen molar-refractivity contribution in [2.45, 2.75) is 18.9 Å². The molecule has 1 aromatic carbocycles. The van der Waals surface area contributed by atoms with Crippen LogP contribution in [0, 0.1) is 0 Å². The van der Waals surface area contributed by atoms with Crippen molar-refractivity contribution in [3.05, 3.63) is 35.4 Å². The second-order valence-electron chi connectivity index (χ2n) is 3.76. The molecule has 3 nitrogen and oxygen atoms in total. The third kappa shape index (κ3) is 2.74. The highest BCUT2D eigenvalue weighted by Crippen LogP contribution is 2.23. The zero-order chi connectivity index (χ0) is 10.7. The number of nitrogens with one attached hydrogen (secondary N) is 1. The van der Waals surface area contributed by atoms with E-state index in [4.69, 9.17) is 0 Å². The molecule has 88 valence electrons. The van der Waals surface area contributed by atoms with Crippen LogP contribution in [0.4, 0.5) is 0 Å². The fourth-order valence-corrected chi connectivity index (χ4v) is 1.94. The van der Waals surface area contributed by atoms with Gasteiger partial charge in [-0.15, -0.1) is 12.4 Å². The number of methoxy groups -OCH3 is 1. The minimum absolute atomic E-state index is 0. The van der Waals surface area contributed by atoms with Gasteiger partial charge in [0.25, 0.3) is 0 Å². The highest BCUT2D eigenvalue weighted by atomic mass is 35.5. The molecule has 1 fully saturated rings. The monoisotopic (exact) mass is 241 g/mol. The van der Waals surface area contributed by atoms with Gasteiger partial charge in [0.2, 0.25) is 0 Å². The first-order valence-corrected chi connectivity index (χ1v) is 5.23. The van der Waals surface area contributed by atoms with Crippen molar-refractivity contribution in [2.75, 3.05) is 13.7 Å². The molecule has 0 radical (unpaired) electrons. The Balaban J connectivity index is 0.00000128. The van der Waals surface area contributed by atoms with E-state index in [0.717, 1.165) is 6.54 Å². The predicted octanol–water partition coefficient (Wildman–Crippen LogP) is 2.32. The van der Waals surface area contributed by atoms with E-state index in [2.05, 4.69) is 10.1 Å². The summed E-state index contributed by atoms with van der Waals surface area (Å²) >= 11 is 0. The maximum absolute atomic E-state index is 11.2. The summed E-state index contributed by atoms with van der Waals surface area (Å²) in [5, 5.41) is 3.42. The normalized spacial score (nSPS) is 18.9. The molecule has 4 heteroatoms. The fourth-order valence-electron chi connectivity index (χ4n) is 1.94. The average Bonchev–Trinajstić information content (AvgIpc) is 2.82. The molecular weight excluding hydrogens is 226 g/mol. The van der Waals surface area contributed by atoms with Crippen molar-refractivity contribution in [2.24, 2.45) is 0 Å². The molecule has 0 saturated carbocycles. The first-order valence-electron chi connectivity index (χ1n) is 5.23. The Hall–Kier alpha value is -1.06. The maximum atomic E-state index is 11.2. The van der Waals surface area contributed by atoms with E-state index in [9.17, 15) is 4.79 Å². The summed E-state index contributed by atoms with van der Waals surface area (Å²) < 4.78 is 4.65. The first-order chi connectivity index (χ1) is 7.31. The van der Waals surface area contributed by atoms with Crippen molar-refractivity contribution < 1.29 is 9.53 Å². The van der Waals surface area contributed by atoms with Crippen molar-refractivity contribution in [3.63, 3.8) is 0 Å². The Kier molecular flexibility index (Phi) is 4.77. The lowest BCUT2D eigenvalue weighted by atomic mass is 10.0. The summed E-state index contributed by atoms with van der Waals surface area (Å²) in [5.41, 5.74) is 1.86. The standard InChI is InChI=1S/C12H15NO2.ClH/c1-15-12(14)10-6-4-9(5-7-10)11-3-2-8-13-11;/h4-7,11,13H,2-3,8H2,1H3;1H/t11-;/m1./s1. The van der Waals surface area contributed by atoms with Crippen LogP contribution in [0.5, 0.6) is 0 Å². The molecule has 1 atom stereocenters. The van der Waals surface area contributed by atoms with E-state index in [1.165, 1.54) is 25.5 Å². The molecule has 2 rings (SSSR count). The van der Waals surface area contributed by atoms with Crippen LogP contribution in [-0.2, 0) is 4.74 Å². The van der Waals surface area contributed by atoms with Crippen LogP contribution in [0.15, 0.2) is 24.3 Å². The van der Waals surface area contributed by atoms with Crippen LogP contribution in [0.2, 0.25) is 0 Å². The molecule has 0 amide bonds. The van der Waals surface area contributed by atoms with Gasteiger partial charge in [-0.05, 0) is 37.1 Å². The number of hydrogen-bond acceptors (Lipinski definition) is 3. The van der Waals surface area contributed by atoms with Crippen molar-refractivity contribution in [1.29, 1.82) is 0 Å². The molecule has 0 spiro atoms. The summed E-state index contributed by atoms with van der Waals surface area (Å²) in [4.78, 5) is 11.2. The van der Waals surface area contributed by atoms with Crippen LogP contribution >= 0.6 is 12.4 Å². The molecule has 0 aromatic heterocycles. The minimum Gasteiger partial charge on any atom is -0.465 e. The Morgan fingerprint density at radius 2 is 2.06 bits per heavy atom. The summed E-state index contributed by atoms with van der Waals surface area (Å²) in [7, 11) is 1.40. The molecule has 0 unspecified atom stereocenters. The highest BCUT2D eigenvalue weighted by molar-refractivity contribution is 5.89. The summed E-state index contributed by atoms with van der Waals surface area (Å²) in [5.74, 6) is -0.277. The molecule has 0 bridgehead atoms. The molecule has 1 heterocycles. The van der Waals surface area contributed by atoms with Gasteiger partial charge in [0, 0.05) is 6.04 Å². The van der Waals surface area contributed by atoms with Gasteiger partial charge in [0.05, 0.1) is 12.7 Å². The molecule has 1 aliphatic heterocycles. The number of ether oxygens (including phenoxy) is 1. The van der Waals surface area contributed by atoms with Crippen LogP contribution in [0.25, 0.3) is 0 Å². The molecule has 1 aliphatic rings. The van der Waals surface area contributed by atoms with E-state index in [1.807, 2.05) is 24.3 Å². The van der Waals surface area contributed by atoms with Gasteiger partial charge in [-0.2, -0.15) is 0 Å². The number of esters is 1. The third-order valence-electron chi connectivity index (χ3n) is 2.79. The number of carbonyl (C=O) groups excluding carboxylic acids is 1. The summed E-state index contributed by atoms with van der Waals surface area (Å²) in [6, 6.07) is 8.09. The highest BCUT2D eigenvalue weighted by Gasteiger charge is 2.16. The van der Waals surface area contributed by atoms with Crippen molar-refractivity contribution in [1.82, 2.24) is 5.32 Å². The molecule has 1 aromatic rings. The topological polar surface area (TPSA) is 38.3 Å². The third-order valence-corrected chi connectivity index (χ3v) is 2.79. The van der Waals surface area contributed by atoms with Gasteiger partial charge in [-0.3, -0.25) is 0 Å². The Labute approximate surface area is 102 Å². The van der Waals surface area contributed by atoms with Gasteiger partial charge in [0.15, 0.2) is 0 Å². The predicted molar refractivity (Wildman–Crippen MR) is 65.0 cm³/mol. The largest absolute Gasteiger partial charge is 0.465 e. The van der Waals surface area contributed by atoms with E-state index in [1.54, 1.807) is 0 Å². The average molecular weight is 242 g/mol. The lowest BCUT2D eigenvalue weighted by Gasteiger charge is -2.10. The maximum Gasteiger partial charge on any atom is 0.337 e. The van der Waals surface area contributed by atoms with Crippen LogP contribution in [0.3, 0.4) is 0 Å². The van der Waals surface area contributed by atoms with E-state index in [0.29, 0.717) is 11.6 Å². The van der Waals surface area contributed by atoms with Crippen LogP contribution in [0.1, 0.15) is 34.8 Å². The molecule has 1 saturated heterocycles. The van der Waals surface area contributed by atoms with Gasteiger partial charge < -0.3 is 10.1 Å². The SMILES string of the molecule is COC(=O)c1ccc([C@H]2CCCN2)cc1.Cl. The van der Waals surface area contributed by atoms with Gasteiger partial charge in [0.1, 0.15) is 0 Å².